The predicted octanol–water partition coefficient (Wildman–Crippen LogP) is 0.492. The summed E-state index contributed by atoms with van der Waals surface area (Å²) in [5.74, 6) is 0. The largest absolute Gasteiger partial charge is 0.449 e. The standard InChI is InChI=1S/C7H12O4/c1-8-6-3-4-10-7(9-2)11-5-6/h3-4,6-7H,5H2,1-2H3. The SMILES string of the molecule is COC1C=COC(OC)OC1. The fourth-order valence-electron chi connectivity index (χ4n) is 0.736. The quantitative estimate of drug-likeness (QED) is 0.589. The molecule has 0 aromatic carbocycles. The molecule has 0 saturated carbocycles. The summed E-state index contributed by atoms with van der Waals surface area (Å²) in [6.45, 7) is -0.155. The maximum absolute atomic E-state index is 5.12. The van der Waals surface area contributed by atoms with Crippen LogP contribution in [0.3, 0.4) is 0 Å². The molecule has 1 rings (SSSR count). The molecule has 0 radical (unpaired) electrons. The van der Waals surface area contributed by atoms with Crippen LogP contribution in [0.5, 0.6) is 0 Å². The number of ether oxygens (including phenoxy) is 4. The van der Waals surface area contributed by atoms with Crippen LogP contribution in [0.2, 0.25) is 0 Å². The van der Waals surface area contributed by atoms with Crippen molar-refractivity contribution in [2.24, 2.45) is 0 Å². The normalized spacial score (nSPS) is 31.1. The fraction of sp³-hybridized carbons (Fsp3) is 0.714. The maximum atomic E-state index is 5.12. The molecule has 0 aliphatic carbocycles. The van der Waals surface area contributed by atoms with Gasteiger partial charge in [-0.05, 0) is 6.08 Å². The third kappa shape index (κ3) is 2.49. The summed E-state index contributed by atoms with van der Waals surface area (Å²) in [6, 6.07) is 0. The number of hydrogen-bond acceptors (Lipinski definition) is 4. The Hall–Kier alpha value is -0.580. The molecule has 0 aromatic rings. The van der Waals surface area contributed by atoms with Crippen LogP contribution in [0.4, 0.5) is 0 Å². The fourth-order valence-corrected chi connectivity index (χ4v) is 0.736. The Labute approximate surface area is 65.7 Å². The van der Waals surface area contributed by atoms with E-state index in [9.17, 15) is 0 Å². The molecule has 0 N–H and O–H groups in total. The first-order valence-corrected chi connectivity index (χ1v) is 3.36. The smallest absolute Gasteiger partial charge is 0.315 e. The first-order chi connectivity index (χ1) is 5.36. The molecule has 1 heterocycles. The average molecular weight is 160 g/mol. The molecule has 4 heteroatoms. The van der Waals surface area contributed by atoms with Crippen LogP contribution in [0.25, 0.3) is 0 Å². The second kappa shape index (κ2) is 4.33. The minimum atomic E-state index is -0.605. The van der Waals surface area contributed by atoms with Gasteiger partial charge < -0.3 is 18.9 Å². The van der Waals surface area contributed by atoms with Gasteiger partial charge in [0.05, 0.1) is 12.9 Å². The van der Waals surface area contributed by atoms with E-state index in [1.165, 1.54) is 13.4 Å². The third-order valence-corrected chi connectivity index (χ3v) is 1.37. The highest BCUT2D eigenvalue weighted by Gasteiger charge is 2.14. The molecule has 4 nitrogen and oxygen atoms in total. The molecule has 1 aliphatic heterocycles. The van der Waals surface area contributed by atoms with Crippen molar-refractivity contribution < 1.29 is 18.9 Å². The molecule has 0 spiro atoms. The zero-order valence-electron chi connectivity index (χ0n) is 6.65. The van der Waals surface area contributed by atoms with Crippen LogP contribution in [0, 0.1) is 0 Å². The van der Waals surface area contributed by atoms with Crippen LogP contribution in [-0.2, 0) is 18.9 Å². The van der Waals surface area contributed by atoms with Crippen LogP contribution >= 0.6 is 0 Å². The van der Waals surface area contributed by atoms with Crippen LogP contribution < -0.4 is 0 Å². The molecule has 2 atom stereocenters. The highest BCUT2D eigenvalue weighted by Crippen LogP contribution is 2.06. The molecule has 0 saturated heterocycles. The minimum absolute atomic E-state index is 0.0462. The van der Waals surface area contributed by atoms with Gasteiger partial charge in [0, 0.05) is 14.2 Å². The van der Waals surface area contributed by atoms with Crippen molar-refractivity contribution in [1.29, 1.82) is 0 Å². The van der Waals surface area contributed by atoms with Crippen LogP contribution in [0.15, 0.2) is 12.3 Å². The molecule has 11 heavy (non-hydrogen) atoms. The average Bonchev–Trinajstić information content (AvgIpc) is 2.28. The first kappa shape index (κ1) is 8.52. The minimum Gasteiger partial charge on any atom is -0.449 e. The maximum Gasteiger partial charge on any atom is 0.315 e. The predicted molar refractivity (Wildman–Crippen MR) is 37.8 cm³/mol. The Morgan fingerprint density at radius 2 is 2.18 bits per heavy atom. The summed E-state index contributed by atoms with van der Waals surface area (Å²) in [4.78, 5) is 0. The van der Waals surface area contributed by atoms with Crippen molar-refractivity contribution in [2.75, 3.05) is 20.8 Å². The topological polar surface area (TPSA) is 36.9 Å². The summed E-state index contributed by atoms with van der Waals surface area (Å²) in [6.07, 6.45) is 3.25. The second-order valence-electron chi connectivity index (χ2n) is 2.10. The monoisotopic (exact) mass is 160 g/mol. The zero-order valence-corrected chi connectivity index (χ0v) is 6.65. The molecule has 64 valence electrons. The van der Waals surface area contributed by atoms with Gasteiger partial charge in [-0.25, -0.2) is 0 Å². The second-order valence-corrected chi connectivity index (χ2v) is 2.10. The third-order valence-electron chi connectivity index (χ3n) is 1.37. The Morgan fingerprint density at radius 3 is 2.82 bits per heavy atom. The molecule has 0 fully saturated rings. The lowest BCUT2D eigenvalue weighted by Crippen LogP contribution is -2.21. The summed E-state index contributed by atoms with van der Waals surface area (Å²) < 4.78 is 19.9. The van der Waals surface area contributed by atoms with E-state index in [1.54, 1.807) is 13.2 Å². The van der Waals surface area contributed by atoms with E-state index in [4.69, 9.17) is 18.9 Å². The highest BCUT2D eigenvalue weighted by atomic mass is 16.8. The lowest BCUT2D eigenvalue weighted by Gasteiger charge is -2.13. The zero-order chi connectivity index (χ0) is 8.10. The summed E-state index contributed by atoms with van der Waals surface area (Å²) >= 11 is 0. The van der Waals surface area contributed by atoms with Gasteiger partial charge in [0.1, 0.15) is 6.10 Å². The van der Waals surface area contributed by atoms with E-state index < -0.39 is 6.48 Å². The molecule has 2 unspecified atom stereocenters. The molecule has 0 bridgehead atoms. The number of hydrogen-bond donors (Lipinski definition) is 0. The van der Waals surface area contributed by atoms with Gasteiger partial charge in [0.25, 0.3) is 0 Å². The molecule has 1 aliphatic rings. The van der Waals surface area contributed by atoms with Crippen molar-refractivity contribution >= 4 is 0 Å². The Kier molecular flexibility index (Phi) is 3.35. The van der Waals surface area contributed by atoms with Crippen LogP contribution in [0.1, 0.15) is 0 Å². The van der Waals surface area contributed by atoms with Crippen molar-refractivity contribution in [2.45, 2.75) is 12.6 Å². The van der Waals surface area contributed by atoms with E-state index in [0.29, 0.717) is 6.61 Å². The van der Waals surface area contributed by atoms with Crippen molar-refractivity contribution in [1.82, 2.24) is 0 Å². The van der Waals surface area contributed by atoms with Crippen molar-refractivity contribution in [3.8, 4) is 0 Å². The van der Waals surface area contributed by atoms with Gasteiger partial charge in [0.15, 0.2) is 0 Å². The van der Waals surface area contributed by atoms with Gasteiger partial charge in [-0.15, -0.1) is 0 Å². The lowest BCUT2D eigenvalue weighted by atomic mass is 10.4. The Bertz CT molecular complexity index is 134. The van der Waals surface area contributed by atoms with Gasteiger partial charge in [-0.2, -0.15) is 0 Å². The van der Waals surface area contributed by atoms with E-state index in [1.807, 2.05) is 0 Å². The van der Waals surface area contributed by atoms with E-state index in [0.717, 1.165) is 0 Å². The summed E-state index contributed by atoms with van der Waals surface area (Å²) in [5.41, 5.74) is 0. The number of rotatable bonds is 2. The van der Waals surface area contributed by atoms with Crippen molar-refractivity contribution in [3.63, 3.8) is 0 Å². The van der Waals surface area contributed by atoms with E-state index in [-0.39, 0.29) is 6.10 Å². The van der Waals surface area contributed by atoms with Crippen molar-refractivity contribution in [3.05, 3.63) is 12.3 Å². The van der Waals surface area contributed by atoms with Gasteiger partial charge in [0.2, 0.25) is 0 Å². The summed E-state index contributed by atoms with van der Waals surface area (Å²) in [7, 11) is 3.14. The highest BCUT2D eigenvalue weighted by molar-refractivity contribution is 4.85. The molecular formula is C7H12O4. The summed E-state index contributed by atoms with van der Waals surface area (Å²) in [5, 5.41) is 0. The van der Waals surface area contributed by atoms with E-state index in [2.05, 4.69) is 0 Å². The van der Waals surface area contributed by atoms with Crippen LogP contribution in [-0.4, -0.2) is 33.4 Å². The Balaban J connectivity index is 2.37. The Morgan fingerprint density at radius 1 is 1.36 bits per heavy atom. The lowest BCUT2D eigenvalue weighted by molar-refractivity contribution is -0.254. The van der Waals surface area contributed by atoms with Gasteiger partial charge in [-0.1, -0.05) is 0 Å². The molecular weight excluding hydrogens is 148 g/mol. The first-order valence-electron chi connectivity index (χ1n) is 3.36. The van der Waals surface area contributed by atoms with E-state index >= 15 is 0 Å². The van der Waals surface area contributed by atoms with Gasteiger partial charge >= 0.3 is 6.48 Å². The molecule has 0 aromatic heterocycles. The number of methoxy groups -OCH3 is 2. The van der Waals surface area contributed by atoms with Gasteiger partial charge in [-0.3, -0.25) is 0 Å². The molecule has 0 amide bonds.